The second kappa shape index (κ2) is 12.3. The highest BCUT2D eigenvalue weighted by Gasteiger charge is 2.27. The number of amides is 3. The third-order valence-corrected chi connectivity index (χ3v) is 5.25. The molecule has 0 aliphatic carbocycles. The maximum absolute atomic E-state index is 14.1. The summed E-state index contributed by atoms with van der Waals surface area (Å²) in [6.45, 7) is 4.03. The molecule has 3 amide bonds. The van der Waals surface area contributed by atoms with Crippen LogP contribution in [0.2, 0.25) is 0 Å². The van der Waals surface area contributed by atoms with Crippen molar-refractivity contribution in [1.82, 2.24) is 15.3 Å². The summed E-state index contributed by atoms with van der Waals surface area (Å²) in [5.41, 5.74) is -0.480. The molecular formula is C27H28F2N4O7. The van der Waals surface area contributed by atoms with Gasteiger partial charge in [-0.05, 0) is 26.3 Å². The number of phenolic OH excluding ortho intramolecular Hbond substituents is 1. The van der Waals surface area contributed by atoms with Crippen LogP contribution < -0.4 is 26.2 Å². The van der Waals surface area contributed by atoms with Crippen LogP contribution in [-0.2, 0) is 17.9 Å². The molecule has 0 atom stereocenters. The SMILES string of the molecule is CNC(=O)c1c(OCc2ccccc2)c(=O)c(C(=O)NCc2c(O)cc(F)cc2F)cn1NC(=O)OC(C)(C)C. The number of benzene rings is 2. The number of aromatic nitrogens is 1. The molecule has 212 valence electrons. The van der Waals surface area contributed by atoms with Crippen LogP contribution in [0.1, 0.15) is 52.7 Å². The first kappa shape index (κ1) is 29.6. The smallest absolute Gasteiger partial charge is 0.426 e. The van der Waals surface area contributed by atoms with Crippen molar-refractivity contribution in [3.8, 4) is 11.5 Å². The number of carbonyl (C=O) groups is 3. The summed E-state index contributed by atoms with van der Waals surface area (Å²) in [5.74, 6) is -5.36. The maximum atomic E-state index is 14.1. The number of ether oxygens (including phenoxy) is 2. The molecule has 0 aliphatic rings. The average Bonchev–Trinajstić information content (AvgIpc) is 2.86. The molecule has 1 aromatic heterocycles. The number of carbonyl (C=O) groups excluding carboxylic acids is 3. The third kappa shape index (κ3) is 7.34. The van der Waals surface area contributed by atoms with Crippen molar-refractivity contribution in [2.24, 2.45) is 0 Å². The lowest BCUT2D eigenvalue weighted by molar-refractivity contribution is 0.0611. The van der Waals surface area contributed by atoms with E-state index in [0.29, 0.717) is 17.7 Å². The van der Waals surface area contributed by atoms with Crippen LogP contribution in [0.25, 0.3) is 0 Å². The van der Waals surface area contributed by atoms with Crippen LogP contribution in [0.5, 0.6) is 11.5 Å². The van der Waals surface area contributed by atoms with E-state index in [2.05, 4.69) is 16.1 Å². The lowest BCUT2D eigenvalue weighted by Gasteiger charge is -2.22. The molecule has 3 aromatic rings. The first-order valence-corrected chi connectivity index (χ1v) is 11.9. The van der Waals surface area contributed by atoms with Gasteiger partial charge in [-0.2, -0.15) is 0 Å². The number of halogens is 2. The minimum Gasteiger partial charge on any atom is -0.507 e. The van der Waals surface area contributed by atoms with Gasteiger partial charge in [0.15, 0.2) is 11.4 Å². The fourth-order valence-corrected chi connectivity index (χ4v) is 3.46. The van der Waals surface area contributed by atoms with Gasteiger partial charge in [0.1, 0.15) is 35.2 Å². The fraction of sp³-hybridized carbons (Fsp3) is 0.259. The van der Waals surface area contributed by atoms with Gasteiger partial charge < -0.3 is 25.2 Å². The van der Waals surface area contributed by atoms with Gasteiger partial charge in [0.2, 0.25) is 5.43 Å². The molecule has 0 radical (unpaired) electrons. The number of aromatic hydroxyl groups is 1. The molecule has 13 heteroatoms. The number of hydrogen-bond acceptors (Lipinski definition) is 7. The standard InChI is InChI=1S/C27H28F2N4O7/c1-27(2,3)40-26(38)32-33-13-18(24(36)31-12-17-19(29)10-16(28)11-20(17)34)22(35)23(21(33)25(37)30-4)39-14-15-8-6-5-7-9-15/h5-11,13,34H,12,14H2,1-4H3,(H,30,37)(H,31,36)(H,32,38). The van der Waals surface area contributed by atoms with Crippen molar-refractivity contribution >= 4 is 17.9 Å². The largest absolute Gasteiger partial charge is 0.507 e. The van der Waals surface area contributed by atoms with Crippen molar-refractivity contribution in [2.45, 2.75) is 39.5 Å². The Morgan fingerprint density at radius 3 is 2.33 bits per heavy atom. The van der Waals surface area contributed by atoms with Crippen molar-refractivity contribution < 1.29 is 37.7 Å². The van der Waals surface area contributed by atoms with E-state index in [-0.39, 0.29) is 6.61 Å². The minimum atomic E-state index is -1.12. The van der Waals surface area contributed by atoms with Crippen molar-refractivity contribution in [2.75, 3.05) is 12.5 Å². The van der Waals surface area contributed by atoms with Gasteiger partial charge in [0.05, 0.1) is 0 Å². The predicted molar refractivity (Wildman–Crippen MR) is 140 cm³/mol. The number of pyridine rings is 1. The van der Waals surface area contributed by atoms with Gasteiger partial charge in [-0.15, -0.1) is 0 Å². The van der Waals surface area contributed by atoms with E-state index >= 15 is 0 Å². The fourth-order valence-electron chi connectivity index (χ4n) is 3.46. The van der Waals surface area contributed by atoms with Crippen LogP contribution in [0.15, 0.2) is 53.5 Å². The van der Waals surface area contributed by atoms with E-state index in [0.717, 1.165) is 10.9 Å². The van der Waals surface area contributed by atoms with Gasteiger partial charge in [0.25, 0.3) is 11.8 Å². The van der Waals surface area contributed by atoms with Gasteiger partial charge in [-0.25, -0.2) is 23.7 Å². The Hall–Kier alpha value is -4.94. The van der Waals surface area contributed by atoms with Crippen LogP contribution in [0, 0.1) is 11.6 Å². The van der Waals surface area contributed by atoms with Crippen LogP contribution in [0.4, 0.5) is 13.6 Å². The van der Waals surface area contributed by atoms with Crippen molar-refractivity contribution in [3.05, 3.63) is 92.9 Å². The number of nitrogens with zero attached hydrogens (tertiary/aromatic N) is 1. The Bertz CT molecular complexity index is 1460. The zero-order chi connectivity index (χ0) is 29.6. The van der Waals surface area contributed by atoms with E-state index in [1.165, 1.54) is 7.05 Å². The van der Waals surface area contributed by atoms with E-state index < -0.39 is 75.4 Å². The molecule has 0 aliphatic heterocycles. The first-order chi connectivity index (χ1) is 18.8. The molecule has 0 bridgehead atoms. The summed E-state index contributed by atoms with van der Waals surface area (Å²) in [4.78, 5) is 51.9. The zero-order valence-corrected chi connectivity index (χ0v) is 22.1. The molecule has 40 heavy (non-hydrogen) atoms. The van der Waals surface area contributed by atoms with Gasteiger partial charge in [0, 0.05) is 37.5 Å². The van der Waals surface area contributed by atoms with E-state index in [1.54, 1.807) is 51.1 Å². The van der Waals surface area contributed by atoms with Crippen LogP contribution in [0.3, 0.4) is 0 Å². The molecule has 0 saturated carbocycles. The molecular weight excluding hydrogens is 530 g/mol. The Balaban J connectivity index is 2.07. The minimum absolute atomic E-state index is 0.174. The number of rotatable bonds is 8. The Kier molecular flexibility index (Phi) is 9.09. The summed E-state index contributed by atoms with van der Waals surface area (Å²) < 4.78 is 39.2. The Morgan fingerprint density at radius 1 is 1.05 bits per heavy atom. The van der Waals surface area contributed by atoms with Gasteiger partial charge in [-0.3, -0.25) is 14.4 Å². The summed E-state index contributed by atoms with van der Waals surface area (Å²) in [6.07, 6.45) is -0.137. The summed E-state index contributed by atoms with van der Waals surface area (Å²) >= 11 is 0. The number of phenols is 1. The zero-order valence-electron chi connectivity index (χ0n) is 22.1. The lowest BCUT2D eigenvalue weighted by atomic mass is 10.1. The summed E-state index contributed by atoms with van der Waals surface area (Å²) in [7, 11) is 1.29. The second-order valence-electron chi connectivity index (χ2n) is 9.45. The van der Waals surface area contributed by atoms with Crippen molar-refractivity contribution in [1.29, 1.82) is 0 Å². The molecule has 2 aromatic carbocycles. The molecule has 0 spiro atoms. The molecule has 1 heterocycles. The monoisotopic (exact) mass is 558 g/mol. The molecule has 4 N–H and O–H groups in total. The molecule has 3 rings (SSSR count). The summed E-state index contributed by atoms with van der Waals surface area (Å²) in [5, 5.41) is 14.5. The molecule has 0 saturated heterocycles. The lowest BCUT2D eigenvalue weighted by Crippen LogP contribution is -2.39. The van der Waals surface area contributed by atoms with Crippen LogP contribution >= 0.6 is 0 Å². The highest BCUT2D eigenvalue weighted by molar-refractivity contribution is 5.99. The Labute approximate surface area is 227 Å². The van der Waals surface area contributed by atoms with E-state index in [9.17, 15) is 33.1 Å². The van der Waals surface area contributed by atoms with E-state index in [1.807, 2.05) is 0 Å². The van der Waals surface area contributed by atoms with Gasteiger partial charge >= 0.3 is 6.09 Å². The molecule has 0 unspecified atom stereocenters. The normalized spacial score (nSPS) is 10.9. The first-order valence-electron chi connectivity index (χ1n) is 11.9. The second-order valence-corrected chi connectivity index (χ2v) is 9.45. The van der Waals surface area contributed by atoms with Crippen LogP contribution in [-0.4, -0.2) is 40.3 Å². The Morgan fingerprint density at radius 2 is 1.73 bits per heavy atom. The number of hydrogen-bond donors (Lipinski definition) is 4. The van der Waals surface area contributed by atoms with Crippen molar-refractivity contribution in [3.63, 3.8) is 0 Å². The quantitative estimate of drug-likeness (QED) is 0.332. The third-order valence-electron chi connectivity index (χ3n) is 5.25. The number of nitrogens with one attached hydrogen (secondary N) is 3. The molecule has 0 fully saturated rings. The highest BCUT2D eigenvalue weighted by Crippen LogP contribution is 2.22. The average molecular weight is 559 g/mol. The maximum Gasteiger partial charge on any atom is 0.426 e. The summed E-state index contributed by atoms with van der Waals surface area (Å²) in [6, 6.07) is 9.82. The molecule has 11 nitrogen and oxygen atoms in total. The topological polar surface area (TPSA) is 148 Å². The van der Waals surface area contributed by atoms with Gasteiger partial charge in [-0.1, -0.05) is 30.3 Å². The highest BCUT2D eigenvalue weighted by atomic mass is 19.1. The predicted octanol–water partition coefficient (Wildman–Crippen LogP) is 3.18. The van der Waals surface area contributed by atoms with E-state index in [4.69, 9.17) is 9.47 Å².